The van der Waals surface area contributed by atoms with Crippen molar-refractivity contribution < 1.29 is 9.47 Å². The summed E-state index contributed by atoms with van der Waals surface area (Å²) in [6.07, 6.45) is 8.40. The minimum atomic E-state index is 0.422. The van der Waals surface area contributed by atoms with Crippen LogP contribution in [0.15, 0.2) is 47.7 Å². The van der Waals surface area contributed by atoms with Gasteiger partial charge in [-0.25, -0.2) is 0 Å². The van der Waals surface area contributed by atoms with Crippen molar-refractivity contribution in [1.29, 1.82) is 0 Å². The summed E-state index contributed by atoms with van der Waals surface area (Å²) in [4.78, 5) is 9.40. The number of aliphatic imine (C=N–C) groups is 1. The first-order valence-corrected chi connectivity index (χ1v) is 8.97. The van der Waals surface area contributed by atoms with Crippen LogP contribution in [-0.4, -0.2) is 31.0 Å². The molecule has 2 heterocycles. The first kappa shape index (κ1) is 16.1. The Balaban J connectivity index is 1.68. The Bertz CT molecular complexity index is 773. The van der Waals surface area contributed by atoms with Gasteiger partial charge in [0.2, 0.25) is 0 Å². The van der Waals surface area contributed by atoms with Crippen LogP contribution in [0, 0.1) is 11.8 Å². The molecule has 0 N–H and O–H groups in total. The van der Waals surface area contributed by atoms with Gasteiger partial charge in [0.15, 0.2) is 0 Å². The van der Waals surface area contributed by atoms with Gasteiger partial charge in [0.05, 0.1) is 20.3 Å². The SMILES string of the molecule is COc1ccc(CC2C(c3cccnc3)=N[C@H]3CC[C@@H]2C3)c(OC)c1. The van der Waals surface area contributed by atoms with Crippen LogP contribution in [0.2, 0.25) is 0 Å². The van der Waals surface area contributed by atoms with Gasteiger partial charge in [0.25, 0.3) is 0 Å². The molecule has 2 aromatic rings. The molecule has 0 saturated heterocycles. The normalized spacial score (nSPS) is 24.7. The van der Waals surface area contributed by atoms with Gasteiger partial charge >= 0.3 is 0 Å². The molecule has 1 aromatic carbocycles. The molecule has 0 amide bonds. The van der Waals surface area contributed by atoms with Gasteiger partial charge in [-0.1, -0.05) is 12.1 Å². The number of benzene rings is 1. The molecule has 4 nitrogen and oxygen atoms in total. The van der Waals surface area contributed by atoms with E-state index in [0.29, 0.717) is 17.9 Å². The summed E-state index contributed by atoms with van der Waals surface area (Å²) < 4.78 is 10.9. The molecule has 4 heteroatoms. The van der Waals surface area contributed by atoms with E-state index in [-0.39, 0.29) is 0 Å². The number of ether oxygens (including phenoxy) is 2. The third kappa shape index (κ3) is 3.13. The number of hydrogen-bond donors (Lipinski definition) is 0. The van der Waals surface area contributed by atoms with E-state index < -0.39 is 0 Å². The van der Waals surface area contributed by atoms with Gasteiger partial charge in [0.1, 0.15) is 11.5 Å². The zero-order valence-corrected chi connectivity index (χ0v) is 14.8. The summed E-state index contributed by atoms with van der Waals surface area (Å²) in [5, 5.41) is 0. The standard InChI is InChI=1S/C21H24N2O2/c1-24-18-8-6-15(20(12-18)25-2)11-19-14-5-7-17(10-14)23-21(19)16-4-3-9-22-13-16/h3-4,6,8-9,12-14,17,19H,5,7,10-11H2,1-2H3/t14-,17+,19?/m1/s1. The lowest BCUT2D eigenvalue weighted by Crippen LogP contribution is -2.30. The fourth-order valence-corrected chi connectivity index (χ4v) is 4.31. The molecule has 0 radical (unpaired) electrons. The number of pyridine rings is 1. The van der Waals surface area contributed by atoms with Crippen LogP contribution in [-0.2, 0) is 6.42 Å². The highest BCUT2D eigenvalue weighted by Gasteiger charge is 2.38. The van der Waals surface area contributed by atoms with E-state index in [4.69, 9.17) is 14.5 Å². The number of nitrogens with zero attached hydrogens (tertiary/aromatic N) is 2. The molecule has 1 aromatic heterocycles. The lowest BCUT2D eigenvalue weighted by Gasteiger charge is -2.30. The Morgan fingerprint density at radius 2 is 2.04 bits per heavy atom. The molecule has 4 rings (SSSR count). The van der Waals surface area contributed by atoms with Crippen LogP contribution in [0.4, 0.5) is 0 Å². The minimum absolute atomic E-state index is 0.422. The molecule has 0 spiro atoms. The Labute approximate surface area is 148 Å². The second-order valence-electron chi connectivity index (χ2n) is 6.97. The maximum Gasteiger partial charge on any atom is 0.125 e. The van der Waals surface area contributed by atoms with Crippen molar-refractivity contribution in [2.75, 3.05) is 14.2 Å². The smallest absolute Gasteiger partial charge is 0.125 e. The van der Waals surface area contributed by atoms with Crippen molar-refractivity contribution in [1.82, 2.24) is 4.98 Å². The minimum Gasteiger partial charge on any atom is -0.497 e. The van der Waals surface area contributed by atoms with E-state index in [9.17, 15) is 0 Å². The highest BCUT2D eigenvalue weighted by molar-refractivity contribution is 6.03. The highest BCUT2D eigenvalue weighted by atomic mass is 16.5. The summed E-state index contributed by atoms with van der Waals surface area (Å²) in [7, 11) is 3.41. The van der Waals surface area contributed by atoms with Crippen LogP contribution >= 0.6 is 0 Å². The maximum atomic E-state index is 5.62. The first-order valence-electron chi connectivity index (χ1n) is 8.97. The summed E-state index contributed by atoms with van der Waals surface area (Å²) in [5.41, 5.74) is 3.61. The molecule has 1 saturated carbocycles. The van der Waals surface area contributed by atoms with Crippen molar-refractivity contribution in [3.63, 3.8) is 0 Å². The van der Waals surface area contributed by atoms with Crippen LogP contribution in [0.1, 0.15) is 30.4 Å². The largest absolute Gasteiger partial charge is 0.497 e. The average molecular weight is 336 g/mol. The van der Waals surface area contributed by atoms with Crippen LogP contribution in [0.5, 0.6) is 11.5 Å². The topological polar surface area (TPSA) is 43.7 Å². The zero-order valence-electron chi connectivity index (χ0n) is 14.8. The monoisotopic (exact) mass is 336 g/mol. The van der Waals surface area contributed by atoms with Gasteiger partial charge in [-0.3, -0.25) is 9.98 Å². The molecule has 25 heavy (non-hydrogen) atoms. The van der Waals surface area contributed by atoms with Crippen molar-refractivity contribution in [3.8, 4) is 11.5 Å². The number of methoxy groups -OCH3 is 2. The third-order valence-electron chi connectivity index (χ3n) is 5.58. The molecule has 1 aliphatic carbocycles. The zero-order chi connectivity index (χ0) is 17.2. The first-order chi connectivity index (χ1) is 12.3. The summed E-state index contributed by atoms with van der Waals surface area (Å²) in [6.45, 7) is 0. The van der Waals surface area contributed by atoms with Gasteiger partial charge in [-0.15, -0.1) is 0 Å². The highest BCUT2D eigenvalue weighted by Crippen LogP contribution is 2.42. The summed E-state index contributed by atoms with van der Waals surface area (Å²) >= 11 is 0. The van der Waals surface area contributed by atoms with Gasteiger partial charge < -0.3 is 9.47 Å². The number of fused-ring (bicyclic) bond motifs is 2. The lowest BCUT2D eigenvalue weighted by molar-refractivity contribution is 0.377. The molecule has 1 unspecified atom stereocenters. The Kier molecular flexibility index (Phi) is 4.43. The Morgan fingerprint density at radius 1 is 1.12 bits per heavy atom. The molecular formula is C21H24N2O2. The maximum absolute atomic E-state index is 5.62. The van der Waals surface area contributed by atoms with E-state index in [2.05, 4.69) is 17.1 Å². The Hall–Kier alpha value is -2.36. The molecule has 1 aliphatic heterocycles. The molecule has 130 valence electrons. The molecule has 2 aliphatic rings. The van der Waals surface area contributed by atoms with E-state index in [1.807, 2.05) is 30.6 Å². The molecular weight excluding hydrogens is 312 g/mol. The van der Waals surface area contributed by atoms with Gasteiger partial charge in [-0.05, 0) is 49.3 Å². The van der Waals surface area contributed by atoms with E-state index in [1.54, 1.807) is 14.2 Å². The van der Waals surface area contributed by atoms with Crippen LogP contribution in [0.25, 0.3) is 0 Å². The predicted molar refractivity (Wildman–Crippen MR) is 98.6 cm³/mol. The Morgan fingerprint density at radius 3 is 2.80 bits per heavy atom. The number of rotatable bonds is 5. The van der Waals surface area contributed by atoms with Crippen LogP contribution < -0.4 is 9.47 Å². The van der Waals surface area contributed by atoms with E-state index in [1.165, 1.54) is 30.5 Å². The predicted octanol–water partition coefficient (Wildman–Crippen LogP) is 3.93. The lowest BCUT2D eigenvalue weighted by atomic mass is 9.78. The number of hydrogen-bond acceptors (Lipinski definition) is 4. The van der Waals surface area contributed by atoms with Crippen molar-refractivity contribution >= 4 is 5.71 Å². The van der Waals surface area contributed by atoms with Crippen molar-refractivity contribution in [2.45, 2.75) is 31.7 Å². The molecule has 1 fully saturated rings. The fourth-order valence-electron chi connectivity index (χ4n) is 4.31. The fraction of sp³-hybridized carbons (Fsp3) is 0.429. The number of aromatic nitrogens is 1. The van der Waals surface area contributed by atoms with Crippen molar-refractivity contribution in [2.24, 2.45) is 16.8 Å². The van der Waals surface area contributed by atoms with Gasteiger partial charge in [-0.2, -0.15) is 0 Å². The summed E-state index contributed by atoms with van der Waals surface area (Å²) in [5.74, 6) is 2.84. The molecule has 2 bridgehead atoms. The van der Waals surface area contributed by atoms with Crippen molar-refractivity contribution in [3.05, 3.63) is 53.9 Å². The van der Waals surface area contributed by atoms with Crippen LogP contribution in [0.3, 0.4) is 0 Å². The quantitative estimate of drug-likeness (QED) is 0.831. The second kappa shape index (κ2) is 6.87. The van der Waals surface area contributed by atoms with E-state index in [0.717, 1.165) is 23.5 Å². The van der Waals surface area contributed by atoms with Gasteiger partial charge in [0, 0.05) is 35.7 Å². The second-order valence-corrected chi connectivity index (χ2v) is 6.97. The molecule has 3 atom stereocenters. The summed E-state index contributed by atoms with van der Waals surface area (Å²) in [6, 6.07) is 10.7. The third-order valence-corrected chi connectivity index (χ3v) is 5.58. The average Bonchev–Trinajstić information content (AvgIpc) is 3.07. The van der Waals surface area contributed by atoms with E-state index >= 15 is 0 Å².